The number of nitrogens with zero attached hydrogens (tertiary/aromatic N) is 2. The van der Waals surface area contributed by atoms with Gasteiger partial charge in [-0.25, -0.2) is 14.6 Å². The van der Waals surface area contributed by atoms with E-state index in [1.165, 1.54) is 11.3 Å². The van der Waals surface area contributed by atoms with Crippen molar-refractivity contribution in [2.45, 2.75) is 72.4 Å². The molecule has 0 aliphatic carbocycles. The first kappa shape index (κ1) is 33.2. The average Bonchev–Trinajstić information content (AvgIpc) is 3.60. The largest absolute Gasteiger partial charge is 0.463 e. The summed E-state index contributed by atoms with van der Waals surface area (Å²) in [7, 11) is 0. The summed E-state index contributed by atoms with van der Waals surface area (Å²) in [5.41, 5.74) is 3.44. The molecule has 2 aromatic carbocycles. The number of benzene rings is 2. The van der Waals surface area contributed by atoms with E-state index in [9.17, 15) is 14.4 Å². The molecule has 2 aromatic heterocycles. The predicted molar refractivity (Wildman–Crippen MR) is 180 cm³/mol. The lowest BCUT2D eigenvalue weighted by atomic mass is 9.92. The van der Waals surface area contributed by atoms with Crippen LogP contribution < -0.4 is 14.9 Å². The Labute approximate surface area is 276 Å². The van der Waals surface area contributed by atoms with Crippen LogP contribution in [0.2, 0.25) is 5.02 Å². The lowest BCUT2D eigenvalue weighted by molar-refractivity contribution is -0.139. The molecule has 0 saturated heterocycles. The highest BCUT2D eigenvalue weighted by molar-refractivity contribution is 7.07. The second kappa shape index (κ2) is 14.1. The van der Waals surface area contributed by atoms with Crippen LogP contribution in [-0.4, -0.2) is 29.2 Å². The smallest absolute Gasteiger partial charge is 0.339 e. The molecule has 0 N–H and O–H groups in total. The van der Waals surface area contributed by atoms with Gasteiger partial charge in [-0.1, -0.05) is 74.4 Å². The van der Waals surface area contributed by atoms with E-state index in [1.807, 2.05) is 31.2 Å². The van der Waals surface area contributed by atoms with Crippen molar-refractivity contribution < 1.29 is 23.5 Å². The zero-order valence-corrected chi connectivity index (χ0v) is 28.3. The Balaban J connectivity index is 1.64. The fraction of sp³-hybridized carbons (Fsp3) is 0.333. The number of aromatic nitrogens is 1. The van der Waals surface area contributed by atoms with Crippen LogP contribution in [-0.2, 0) is 14.3 Å². The molecule has 1 aliphatic rings. The monoisotopic (exact) mass is 660 g/mol. The van der Waals surface area contributed by atoms with E-state index in [4.69, 9.17) is 30.5 Å². The summed E-state index contributed by atoms with van der Waals surface area (Å²) in [6.07, 6.45) is 2.67. The molecule has 1 aliphatic heterocycles. The van der Waals surface area contributed by atoms with Gasteiger partial charge in [-0.3, -0.25) is 9.36 Å². The van der Waals surface area contributed by atoms with Crippen LogP contribution in [0.15, 0.2) is 80.1 Å². The number of allylic oxidation sites excluding steroid dienone is 1. The quantitative estimate of drug-likeness (QED) is 0.167. The summed E-state index contributed by atoms with van der Waals surface area (Å²) in [6, 6.07) is 15.6. The van der Waals surface area contributed by atoms with Gasteiger partial charge >= 0.3 is 11.9 Å². The van der Waals surface area contributed by atoms with Crippen LogP contribution in [0.3, 0.4) is 0 Å². The Morgan fingerprint density at radius 2 is 1.78 bits per heavy atom. The number of fused-ring (bicyclic) bond motifs is 1. The van der Waals surface area contributed by atoms with Crippen LogP contribution >= 0.6 is 22.9 Å². The zero-order valence-electron chi connectivity index (χ0n) is 26.8. The van der Waals surface area contributed by atoms with Crippen LogP contribution in [0, 0.1) is 0 Å². The van der Waals surface area contributed by atoms with E-state index < -0.39 is 18.0 Å². The van der Waals surface area contributed by atoms with Gasteiger partial charge in [0.1, 0.15) is 11.5 Å². The van der Waals surface area contributed by atoms with Crippen LogP contribution in [0.4, 0.5) is 0 Å². The molecule has 0 amide bonds. The third-order valence-electron chi connectivity index (χ3n) is 7.52. The molecule has 0 spiro atoms. The van der Waals surface area contributed by atoms with Crippen molar-refractivity contribution in [3.63, 3.8) is 0 Å². The normalized spacial score (nSPS) is 14.9. The molecule has 1 atom stereocenters. The number of hydrogen-bond acceptors (Lipinski definition) is 8. The minimum atomic E-state index is -0.701. The number of carbonyl (C=O) groups is 2. The van der Waals surface area contributed by atoms with Crippen molar-refractivity contribution >= 4 is 41.0 Å². The standard InChI is InChI=1S/C36H37ClN2O6S/c1-7-9-28-31(35(42)43-8-2)32(23-12-10-22(11-13-23)20(3)4)39-33(40)30(46-36(39)38-28)19-25-15-17-29(45-25)27-18-24(37)14-16-26(27)34(41)44-21(5)6/h10-21,32H,7-9H2,1-6H3/b30-19+/t32-/m0/s1. The third kappa shape index (κ3) is 6.81. The van der Waals surface area contributed by atoms with Gasteiger partial charge in [0, 0.05) is 16.7 Å². The molecule has 4 aromatic rings. The minimum absolute atomic E-state index is 0.204. The average molecular weight is 661 g/mol. The lowest BCUT2D eigenvalue weighted by Crippen LogP contribution is -2.40. The maximum absolute atomic E-state index is 14.1. The highest BCUT2D eigenvalue weighted by Crippen LogP contribution is 2.34. The molecule has 0 radical (unpaired) electrons. The summed E-state index contributed by atoms with van der Waals surface area (Å²) in [4.78, 5) is 45.7. The second-order valence-corrected chi connectivity index (χ2v) is 13.0. The first-order chi connectivity index (χ1) is 22.0. The number of hydrogen-bond donors (Lipinski definition) is 0. The van der Waals surface area contributed by atoms with Gasteiger partial charge < -0.3 is 13.9 Å². The summed E-state index contributed by atoms with van der Waals surface area (Å²) in [6.45, 7) is 11.8. The number of rotatable bonds is 10. The first-order valence-corrected chi connectivity index (χ1v) is 16.6. The van der Waals surface area contributed by atoms with E-state index >= 15 is 0 Å². The summed E-state index contributed by atoms with van der Waals surface area (Å²) in [5.74, 6) is 0.157. The fourth-order valence-electron chi connectivity index (χ4n) is 5.38. The summed E-state index contributed by atoms with van der Waals surface area (Å²) in [5, 5.41) is 0.434. The molecule has 0 bridgehead atoms. The molecule has 0 unspecified atom stereocenters. The van der Waals surface area contributed by atoms with Gasteiger partial charge in [-0.05, 0) is 74.6 Å². The Bertz CT molecular complexity index is 1980. The molecular formula is C36H37ClN2O6S. The zero-order chi connectivity index (χ0) is 33.1. The second-order valence-electron chi connectivity index (χ2n) is 11.6. The van der Waals surface area contributed by atoms with Gasteiger partial charge in [-0.2, -0.15) is 0 Å². The summed E-state index contributed by atoms with van der Waals surface area (Å²) >= 11 is 7.51. The van der Waals surface area contributed by atoms with E-state index in [2.05, 4.69) is 13.8 Å². The first-order valence-electron chi connectivity index (χ1n) is 15.4. The Morgan fingerprint density at radius 3 is 2.43 bits per heavy atom. The highest BCUT2D eigenvalue weighted by atomic mass is 35.5. The van der Waals surface area contributed by atoms with Crippen molar-refractivity contribution in [1.29, 1.82) is 0 Å². The van der Waals surface area contributed by atoms with E-state index in [0.29, 0.717) is 60.6 Å². The Hall–Kier alpha value is -4.21. The Kier molecular flexibility index (Phi) is 10.1. The van der Waals surface area contributed by atoms with Gasteiger partial charge in [0.25, 0.3) is 5.56 Å². The molecule has 10 heteroatoms. The van der Waals surface area contributed by atoms with Crippen molar-refractivity contribution in [3.8, 4) is 11.3 Å². The molecule has 5 rings (SSSR count). The molecule has 46 heavy (non-hydrogen) atoms. The SMILES string of the molecule is CCCC1=C(C(=O)OCC)[C@H](c2ccc(C(C)C)cc2)n2c(s/c(=C/c3ccc(-c4cc(Cl)ccc4C(=O)OC(C)C)o3)c2=O)=N1. The minimum Gasteiger partial charge on any atom is -0.463 e. The molecular weight excluding hydrogens is 624 g/mol. The van der Waals surface area contributed by atoms with Crippen LogP contribution in [0.1, 0.15) is 93.6 Å². The molecule has 8 nitrogen and oxygen atoms in total. The fourth-order valence-corrected chi connectivity index (χ4v) is 6.55. The number of furan rings is 1. The van der Waals surface area contributed by atoms with Crippen molar-refractivity contribution in [1.82, 2.24) is 4.57 Å². The predicted octanol–water partition coefficient (Wildman–Crippen LogP) is 7.18. The molecule has 0 fully saturated rings. The number of thiazole rings is 1. The highest BCUT2D eigenvalue weighted by Gasteiger charge is 2.34. The molecule has 240 valence electrons. The van der Waals surface area contributed by atoms with Crippen molar-refractivity contribution in [2.24, 2.45) is 4.99 Å². The maximum atomic E-state index is 14.1. The van der Waals surface area contributed by atoms with Crippen molar-refractivity contribution in [2.75, 3.05) is 6.61 Å². The maximum Gasteiger partial charge on any atom is 0.339 e. The molecule has 3 heterocycles. The number of esters is 2. The van der Waals surface area contributed by atoms with E-state index in [0.717, 1.165) is 17.5 Å². The number of carbonyl (C=O) groups excluding carboxylic acids is 2. The van der Waals surface area contributed by atoms with Gasteiger partial charge in [0.15, 0.2) is 4.80 Å². The van der Waals surface area contributed by atoms with Gasteiger partial charge in [0.2, 0.25) is 0 Å². The number of ether oxygens (including phenoxy) is 2. The van der Waals surface area contributed by atoms with Crippen LogP contribution in [0.25, 0.3) is 17.4 Å². The summed E-state index contributed by atoms with van der Waals surface area (Å²) < 4.78 is 19.0. The van der Waals surface area contributed by atoms with Gasteiger partial charge in [-0.15, -0.1) is 0 Å². The van der Waals surface area contributed by atoms with E-state index in [1.54, 1.807) is 61.7 Å². The Morgan fingerprint density at radius 1 is 1.04 bits per heavy atom. The number of halogens is 1. The van der Waals surface area contributed by atoms with Crippen molar-refractivity contribution in [3.05, 3.63) is 113 Å². The topological polar surface area (TPSA) is 100 Å². The lowest BCUT2D eigenvalue weighted by Gasteiger charge is -2.26. The van der Waals surface area contributed by atoms with E-state index in [-0.39, 0.29) is 18.3 Å². The van der Waals surface area contributed by atoms with Gasteiger partial charge in [0.05, 0.1) is 40.1 Å². The molecule has 0 saturated carbocycles. The third-order valence-corrected chi connectivity index (χ3v) is 8.74. The van der Waals surface area contributed by atoms with Crippen LogP contribution in [0.5, 0.6) is 0 Å².